The number of fused-ring (bicyclic) bond motifs is 5. The Labute approximate surface area is 172 Å². The molecule has 6 heteroatoms. The predicted molar refractivity (Wildman–Crippen MR) is 107 cm³/mol. The number of nitroso groups, excluding NO2 is 1. The first-order valence-corrected chi connectivity index (χ1v) is 11.1. The van der Waals surface area contributed by atoms with E-state index in [1.807, 2.05) is 0 Å². The van der Waals surface area contributed by atoms with Gasteiger partial charge >= 0.3 is 11.9 Å². The van der Waals surface area contributed by atoms with Crippen molar-refractivity contribution in [1.29, 1.82) is 0 Å². The Balaban J connectivity index is 1.65. The highest BCUT2D eigenvalue weighted by Gasteiger charge is 2.62. The zero-order valence-corrected chi connectivity index (χ0v) is 18.0. The van der Waals surface area contributed by atoms with Crippen LogP contribution in [-0.4, -0.2) is 24.1 Å². The number of rotatable bonds is 3. The molecule has 0 aromatic heterocycles. The monoisotopic (exact) mass is 403 g/mol. The molecule has 0 radical (unpaired) electrons. The molecule has 6 nitrogen and oxygen atoms in total. The first-order valence-electron chi connectivity index (χ1n) is 11.1. The minimum atomic E-state index is -0.235. The number of ether oxygens (including phenoxy) is 2. The Kier molecular flexibility index (Phi) is 5.11. The third kappa shape index (κ3) is 3.23. The largest absolute Gasteiger partial charge is 0.463 e. The van der Waals surface area contributed by atoms with E-state index in [-0.39, 0.29) is 46.8 Å². The second kappa shape index (κ2) is 7.21. The number of hydrogen-bond donors (Lipinski definition) is 0. The van der Waals surface area contributed by atoms with Crippen molar-refractivity contribution in [3.8, 4) is 0 Å². The second-order valence-electron chi connectivity index (χ2n) is 10.3. The molecular formula is C23H33NO5. The number of nitrogens with zero attached hydrogens (tertiary/aromatic N) is 1. The van der Waals surface area contributed by atoms with Gasteiger partial charge in [0.15, 0.2) is 0 Å². The summed E-state index contributed by atoms with van der Waals surface area (Å²) >= 11 is 0. The third-order valence-electron chi connectivity index (χ3n) is 8.86. The summed E-state index contributed by atoms with van der Waals surface area (Å²) in [5, 5.41) is 3.51. The van der Waals surface area contributed by atoms with Crippen LogP contribution in [0.5, 0.6) is 0 Å². The zero-order chi connectivity index (χ0) is 21.0. The summed E-state index contributed by atoms with van der Waals surface area (Å²) in [6.45, 7) is 7.54. The zero-order valence-electron chi connectivity index (χ0n) is 18.0. The Morgan fingerprint density at radius 3 is 2.28 bits per heavy atom. The third-order valence-corrected chi connectivity index (χ3v) is 8.86. The van der Waals surface area contributed by atoms with E-state index in [2.05, 4.69) is 25.1 Å². The van der Waals surface area contributed by atoms with Crippen LogP contribution < -0.4 is 0 Å². The van der Waals surface area contributed by atoms with Gasteiger partial charge < -0.3 is 9.47 Å². The fourth-order valence-electron chi connectivity index (χ4n) is 7.43. The predicted octanol–water partition coefficient (Wildman–Crippen LogP) is 4.76. The molecule has 29 heavy (non-hydrogen) atoms. The lowest BCUT2D eigenvalue weighted by molar-refractivity contribution is -0.159. The summed E-state index contributed by atoms with van der Waals surface area (Å²) in [4.78, 5) is 35.0. The van der Waals surface area contributed by atoms with Crippen LogP contribution in [0.25, 0.3) is 0 Å². The molecule has 4 aliphatic carbocycles. The molecule has 4 aliphatic rings. The van der Waals surface area contributed by atoms with Crippen LogP contribution in [0.2, 0.25) is 0 Å². The van der Waals surface area contributed by atoms with Crippen LogP contribution in [0.4, 0.5) is 0 Å². The molecule has 0 N–H and O–H groups in total. The fourth-order valence-corrected chi connectivity index (χ4v) is 7.43. The Bertz CT molecular complexity index is 748. The van der Waals surface area contributed by atoms with Crippen LogP contribution in [0, 0.1) is 39.4 Å². The maximum absolute atomic E-state index is 11.9. The molecule has 0 heterocycles. The number of allylic oxidation sites excluding steroid dienone is 2. The highest BCUT2D eigenvalue weighted by atomic mass is 16.5. The molecule has 160 valence electrons. The molecule has 3 saturated carbocycles. The average Bonchev–Trinajstić information content (AvgIpc) is 2.97. The first kappa shape index (κ1) is 20.5. The summed E-state index contributed by atoms with van der Waals surface area (Å²) in [5.41, 5.74) is 0.686. The molecule has 8 atom stereocenters. The topological polar surface area (TPSA) is 82.0 Å². The Hall–Kier alpha value is -1.72. The summed E-state index contributed by atoms with van der Waals surface area (Å²) in [6.07, 6.45) is 8.48. The van der Waals surface area contributed by atoms with Crippen molar-refractivity contribution in [2.45, 2.75) is 84.8 Å². The van der Waals surface area contributed by atoms with Gasteiger partial charge in [0.1, 0.15) is 12.2 Å². The van der Waals surface area contributed by atoms with E-state index >= 15 is 0 Å². The molecule has 0 aromatic rings. The Morgan fingerprint density at radius 2 is 1.62 bits per heavy atom. The summed E-state index contributed by atoms with van der Waals surface area (Å²) in [6, 6.07) is 0. The van der Waals surface area contributed by atoms with E-state index in [9.17, 15) is 14.5 Å². The molecule has 3 fully saturated rings. The molecule has 0 amide bonds. The van der Waals surface area contributed by atoms with Gasteiger partial charge in [0.05, 0.1) is 5.70 Å². The highest BCUT2D eigenvalue weighted by molar-refractivity contribution is 5.66. The minimum Gasteiger partial charge on any atom is -0.463 e. The van der Waals surface area contributed by atoms with E-state index < -0.39 is 0 Å². The van der Waals surface area contributed by atoms with E-state index in [0.29, 0.717) is 17.5 Å². The van der Waals surface area contributed by atoms with Gasteiger partial charge in [0.2, 0.25) is 0 Å². The van der Waals surface area contributed by atoms with Gasteiger partial charge in [-0.15, -0.1) is 4.91 Å². The van der Waals surface area contributed by atoms with Gasteiger partial charge in [-0.1, -0.05) is 19.9 Å². The molecule has 0 bridgehead atoms. The second-order valence-corrected chi connectivity index (χ2v) is 10.3. The lowest BCUT2D eigenvalue weighted by Gasteiger charge is -2.59. The summed E-state index contributed by atoms with van der Waals surface area (Å²) in [5.74, 6) is 0.614. The molecular weight excluding hydrogens is 370 g/mol. The SMILES string of the molecule is CC(=O)OC1CCC2(C)C(C=C(N=O)C3C2CCC2(C)C(OC(C)=O)CCC32)C1. The van der Waals surface area contributed by atoms with Crippen molar-refractivity contribution >= 4 is 11.9 Å². The van der Waals surface area contributed by atoms with Gasteiger partial charge in [0.25, 0.3) is 0 Å². The molecule has 8 unspecified atom stereocenters. The smallest absolute Gasteiger partial charge is 0.302 e. The van der Waals surface area contributed by atoms with Gasteiger partial charge in [-0.05, 0) is 73.3 Å². The fraction of sp³-hybridized carbons (Fsp3) is 0.826. The van der Waals surface area contributed by atoms with Crippen LogP contribution in [-0.2, 0) is 19.1 Å². The lowest BCUT2D eigenvalue weighted by atomic mass is 9.46. The molecule has 0 aliphatic heterocycles. The normalized spacial score (nSPS) is 45.9. The van der Waals surface area contributed by atoms with Crippen molar-refractivity contribution in [3.63, 3.8) is 0 Å². The molecule has 0 spiro atoms. The van der Waals surface area contributed by atoms with E-state index in [1.165, 1.54) is 13.8 Å². The maximum atomic E-state index is 11.9. The van der Waals surface area contributed by atoms with Gasteiger partial charge in [-0.3, -0.25) is 9.59 Å². The van der Waals surface area contributed by atoms with Crippen molar-refractivity contribution in [1.82, 2.24) is 0 Å². The lowest BCUT2D eigenvalue weighted by Crippen LogP contribution is -2.54. The molecule has 0 aromatic carbocycles. The van der Waals surface area contributed by atoms with Crippen LogP contribution in [0.3, 0.4) is 0 Å². The maximum Gasteiger partial charge on any atom is 0.302 e. The average molecular weight is 404 g/mol. The van der Waals surface area contributed by atoms with Crippen LogP contribution >= 0.6 is 0 Å². The Morgan fingerprint density at radius 1 is 0.966 bits per heavy atom. The van der Waals surface area contributed by atoms with E-state index in [0.717, 1.165) is 44.9 Å². The van der Waals surface area contributed by atoms with Crippen molar-refractivity contribution < 1.29 is 19.1 Å². The van der Waals surface area contributed by atoms with Gasteiger partial charge in [-0.25, -0.2) is 0 Å². The summed E-state index contributed by atoms with van der Waals surface area (Å²) < 4.78 is 11.2. The quantitative estimate of drug-likeness (QED) is 0.501. The standard InChI is InChI=1S/C23H33NO5/c1-13(25)28-16-7-9-22(3)15(11-16)12-19(24-27)21-17-5-6-20(29-14(2)26)23(17,4)10-8-18(21)22/h12,15-18,20-21H,5-11H2,1-4H3. The van der Waals surface area contributed by atoms with Crippen molar-refractivity contribution in [2.75, 3.05) is 0 Å². The molecule has 0 saturated heterocycles. The van der Waals surface area contributed by atoms with Crippen LogP contribution in [0.15, 0.2) is 16.9 Å². The van der Waals surface area contributed by atoms with Crippen molar-refractivity contribution in [3.05, 3.63) is 16.7 Å². The number of esters is 2. The van der Waals surface area contributed by atoms with Gasteiger partial charge in [-0.2, -0.15) is 0 Å². The number of carbonyl (C=O) groups excluding carboxylic acids is 2. The number of carbonyl (C=O) groups is 2. The van der Waals surface area contributed by atoms with Crippen LogP contribution in [0.1, 0.15) is 72.6 Å². The first-order chi connectivity index (χ1) is 13.7. The molecule has 4 rings (SSSR count). The van der Waals surface area contributed by atoms with E-state index in [1.54, 1.807) is 0 Å². The van der Waals surface area contributed by atoms with E-state index in [4.69, 9.17) is 9.47 Å². The van der Waals surface area contributed by atoms with Gasteiger partial charge in [0, 0.05) is 25.2 Å². The minimum absolute atomic E-state index is 0.0657. The highest BCUT2D eigenvalue weighted by Crippen LogP contribution is 2.66. The van der Waals surface area contributed by atoms with Crippen molar-refractivity contribution in [2.24, 2.45) is 39.7 Å². The summed E-state index contributed by atoms with van der Waals surface area (Å²) in [7, 11) is 0. The number of hydrogen-bond acceptors (Lipinski definition) is 6.